The molecule has 0 radical (unpaired) electrons. The number of aliphatic imine (C=N–C) groups is 1. The highest BCUT2D eigenvalue weighted by Crippen LogP contribution is 2.37. The van der Waals surface area contributed by atoms with Crippen molar-refractivity contribution in [2.75, 3.05) is 13.2 Å². The lowest BCUT2D eigenvalue weighted by molar-refractivity contribution is -0.154. The standard InChI is InChI=1S/C20H28N6O7/c1-5-21-17-23-14-13(15(28)24-17)22-10-26(14)11-32-12(8-27)9-31-16(29)20(6-7-20)25-18(30)33-19(2,3)4/h5,10,12,27H,6-9,11H2,1-4H3,(H,25,30)(H,23,24,28). The van der Waals surface area contributed by atoms with Gasteiger partial charge in [-0.25, -0.2) is 19.6 Å². The number of imidazole rings is 1. The van der Waals surface area contributed by atoms with Crippen molar-refractivity contribution in [3.05, 3.63) is 16.7 Å². The maximum absolute atomic E-state index is 12.5. The molecular formula is C20H28N6O7. The lowest BCUT2D eigenvalue weighted by Crippen LogP contribution is -2.47. The number of hydrogen-bond donors (Lipinski definition) is 3. The second-order valence-electron chi connectivity index (χ2n) is 8.57. The largest absolute Gasteiger partial charge is 0.461 e. The minimum atomic E-state index is -1.12. The highest BCUT2D eigenvalue weighted by molar-refractivity contribution is 5.88. The molecule has 0 aliphatic heterocycles. The maximum atomic E-state index is 12.5. The van der Waals surface area contributed by atoms with Crippen LogP contribution in [-0.4, -0.2) is 73.4 Å². The number of aliphatic hydroxyl groups is 1. The Morgan fingerprint density at radius 3 is 2.76 bits per heavy atom. The SMILES string of the molecule is CC=Nc1nc2c(ncn2COC(CO)COC(=O)C2(NC(=O)OC(C)(C)C)CC2)c(=O)[nH]1. The average molecular weight is 464 g/mol. The van der Waals surface area contributed by atoms with Crippen molar-refractivity contribution in [2.24, 2.45) is 4.99 Å². The van der Waals surface area contributed by atoms with E-state index < -0.39 is 41.5 Å². The van der Waals surface area contributed by atoms with E-state index in [-0.39, 0.29) is 30.4 Å². The number of rotatable bonds is 9. The minimum Gasteiger partial charge on any atom is -0.461 e. The summed E-state index contributed by atoms with van der Waals surface area (Å²) in [5, 5.41) is 12.2. The van der Waals surface area contributed by atoms with Gasteiger partial charge in [0.05, 0.1) is 12.9 Å². The van der Waals surface area contributed by atoms with E-state index in [1.165, 1.54) is 17.1 Å². The fourth-order valence-electron chi connectivity index (χ4n) is 2.87. The number of ether oxygens (including phenoxy) is 3. The Bertz CT molecular complexity index is 1100. The van der Waals surface area contributed by atoms with Gasteiger partial charge in [-0.05, 0) is 40.5 Å². The van der Waals surface area contributed by atoms with E-state index >= 15 is 0 Å². The Balaban J connectivity index is 1.56. The molecule has 2 heterocycles. The summed E-state index contributed by atoms with van der Waals surface area (Å²) >= 11 is 0. The number of carbonyl (C=O) groups excluding carboxylic acids is 2. The molecular weight excluding hydrogens is 436 g/mol. The van der Waals surface area contributed by atoms with Crippen LogP contribution >= 0.6 is 0 Å². The van der Waals surface area contributed by atoms with Gasteiger partial charge >= 0.3 is 12.1 Å². The summed E-state index contributed by atoms with van der Waals surface area (Å²) in [6.07, 6.45) is 2.17. The first-order valence-electron chi connectivity index (χ1n) is 10.4. The highest BCUT2D eigenvalue weighted by Gasteiger charge is 2.53. The van der Waals surface area contributed by atoms with Gasteiger partial charge in [0.1, 0.15) is 30.6 Å². The van der Waals surface area contributed by atoms with Crippen molar-refractivity contribution in [1.82, 2.24) is 24.8 Å². The third-order valence-corrected chi connectivity index (χ3v) is 4.65. The monoisotopic (exact) mass is 464 g/mol. The summed E-state index contributed by atoms with van der Waals surface area (Å²) in [6.45, 7) is 6.09. The minimum absolute atomic E-state index is 0.105. The first-order chi connectivity index (χ1) is 15.6. The molecule has 3 N–H and O–H groups in total. The lowest BCUT2D eigenvalue weighted by Gasteiger charge is -2.23. The van der Waals surface area contributed by atoms with Gasteiger partial charge in [0.15, 0.2) is 11.2 Å². The van der Waals surface area contributed by atoms with Crippen molar-refractivity contribution in [3.8, 4) is 0 Å². The summed E-state index contributed by atoms with van der Waals surface area (Å²) in [5.74, 6) is -0.504. The third kappa shape index (κ3) is 6.14. The quantitative estimate of drug-likeness (QED) is 0.358. The molecule has 1 fully saturated rings. The third-order valence-electron chi connectivity index (χ3n) is 4.65. The normalized spacial score (nSPS) is 16.0. The van der Waals surface area contributed by atoms with Crippen molar-refractivity contribution in [3.63, 3.8) is 0 Å². The summed E-state index contributed by atoms with van der Waals surface area (Å²) < 4.78 is 17.5. The molecule has 1 atom stereocenters. The van der Waals surface area contributed by atoms with Crippen LogP contribution in [0, 0.1) is 0 Å². The average Bonchev–Trinajstić information content (AvgIpc) is 3.38. The van der Waals surface area contributed by atoms with Gasteiger partial charge in [0.25, 0.3) is 5.56 Å². The second kappa shape index (κ2) is 9.67. The smallest absolute Gasteiger partial charge is 0.408 e. The number of aromatic nitrogens is 4. The van der Waals surface area contributed by atoms with Crippen LogP contribution in [0.1, 0.15) is 40.5 Å². The number of alkyl carbamates (subject to hydrolysis) is 1. The molecule has 0 saturated heterocycles. The van der Waals surface area contributed by atoms with Crippen LogP contribution in [0.25, 0.3) is 11.2 Å². The molecule has 13 nitrogen and oxygen atoms in total. The molecule has 2 aromatic rings. The Hall–Kier alpha value is -3.32. The molecule has 1 unspecified atom stereocenters. The van der Waals surface area contributed by atoms with Crippen LogP contribution in [0.2, 0.25) is 0 Å². The second-order valence-corrected chi connectivity index (χ2v) is 8.57. The Kier molecular flexibility index (Phi) is 7.12. The molecule has 1 aliphatic carbocycles. The van der Waals surface area contributed by atoms with Crippen LogP contribution in [-0.2, 0) is 25.7 Å². The van der Waals surface area contributed by atoms with Gasteiger partial charge in [-0.1, -0.05) is 0 Å². The first-order valence-corrected chi connectivity index (χ1v) is 10.4. The van der Waals surface area contributed by atoms with E-state index in [0.29, 0.717) is 12.8 Å². The molecule has 0 bridgehead atoms. The van der Waals surface area contributed by atoms with Crippen LogP contribution in [0.15, 0.2) is 16.1 Å². The van der Waals surface area contributed by atoms with Crippen LogP contribution in [0.5, 0.6) is 0 Å². The summed E-state index contributed by atoms with van der Waals surface area (Å²) in [6, 6.07) is 0. The zero-order valence-corrected chi connectivity index (χ0v) is 19.0. The molecule has 1 aliphatic rings. The number of hydrogen-bond acceptors (Lipinski definition) is 10. The van der Waals surface area contributed by atoms with Gasteiger partial charge in [-0.3, -0.25) is 14.3 Å². The van der Waals surface area contributed by atoms with E-state index in [1.807, 2.05) is 0 Å². The van der Waals surface area contributed by atoms with Gasteiger partial charge in [0, 0.05) is 6.21 Å². The van der Waals surface area contributed by atoms with E-state index in [1.54, 1.807) is 27.7 Å². The van der Waals surface area contributed by atoms with E-state index in [4.69, 9.17) is 14.2 Å². The molecule has 3 rings (SSSR count). The first kappa shape index (κ1) is 24.3. The fraction of sp³-hybridized carbons (Fsp3) is 0.600. The molecule has 1 saturated carbocycles. The number of amides is 1. The Morgan fingerprint density at radius 1 is 1.42 bits per heavy atom. The predicted molar refractivity (Wildman–Crippen MR) is 116 cm³/mol. The van der Waals surface area contributed by atoms with Crippen LogP contribution < -0.4 is 10.9 Å². The number of esters is 1. The number of nitrogens with zero attached hydrogens (tertiary/aromatic N) is 4. The molecule has 13 heteroatoms. The van der Waals surface area contributed by atoms with Gasteiger partial charge < -0.3 is 24.6 Å². The zero-order chi connectivity index (χ0) is 24.2. The Labute approximate surface area is 189 Å². The number of carbonyl (C=O) groups is 2. The number of aliphatic hydroxyl groups excluding tert-OH is 1. The topological polar surface area (TPSA) is 170 Å². The Morgan fingerprint density at radius 2 is 2.15 bits per heavy atom. The summed E-state index contributed by atoms with van der Waals surface area (Å²) in [4.78, 5) is 51.3. The maximum Gasteiger partial charge on any atom is 0.408 e. The fourth-order valence-corrected chi connectivity index (χ4v) is 2.87. The predicted octanol–water partition coefficient (Wildman–Crippen LogP) is 0.777. The highest BCUT2D eigenvalue weighted by atomic mass is 16.6. The van der Waals surface area contributed by atoms with E-state index in [2.05, 4.69) is 25.3 Å². The van der Waals surface area contributed by atoms with Crippen molar-refractivity contribution < 1.29 is 28.9 Å². The number of nitrogens with one attached hydrogen (secondary N) is 2. The van der Waals surface area contributed by atoms with Crippen LogP contribution in [0.4, 0.5) is 10.7 Å². The molecule has 33 heavy (non-hydrogen) atoms. The van der Waals surface area contributed by atoms with E-state index in [0.717, 1.165) is 0 Å². The molecule has 0 spiro atoms. The van der Waals surface area contributed by atoms with Crippen molar-refractivity contribution in [2.45, 2.75) is 64.5 Å². The van der Waals surface area contributed by atoms with Gasteiger partial charge in [-0.15, -0.1) is 0 Å². The molecule has 180 valence electrons. The summed E-state index contributed by atoms with van der Waals surface area (Å²) in [7, 11) is 0. The number of H-pyrrole nitrogens is 1. The molecule has 1 amide bonds. The van der Waals surface area contributed by atoms with Crippen LogP contribution in [0.3, 0.4) is 0 Å². The zero-order valence-electron chi connectivity index (χ0n) is 19.0. The van der Waals surface area contributed by atoms with Crippen molar-refractivity contribution in [1.29, 1.82) is 0 Å². The van der Waals surface area contributed by atoms with Gasteiger partial charge in [-0.2, -0.15) is 4.98 Å². The van der Waals surface area contributed by atoms with Crippen molar-refractivity contribution >= 4 is 35.4 Å². The molecule has 0 aromatic carbocycles. The molecule has 2 aromatic heterocycles. The summed E-state index contributed by atoms with van der Waals surface area (Å²) in [5.41, 5.74) is -1.89. The lowest BCUT2D eigenvalue weighted by atomic mass is 10.2. The van der Waals surface area contributed by atoms with Gasteiger partial charge in [0.2, 0.25) is 5.95 Å². The number of aromatic amines is 1. The number of fused-ring (bicyclic) bond motifs is 1. The van der Waals surface area contributed by atoms with E-state index in [9.17, 15) is 19.5 Å².